The number of aryl methyl sites for hydroxylation is 1. The maximum Gasteiger partial charge on any atom is 0.329 e. The summed E-state index contributed by atoms with van der Waals surface area (Å²) in [5.41, 5.74) is 5.55. The molecule has 1 saturated carbocycles. The Labute approximate surface area is 217 Å². The summed E-state index contributed by atoms with van der Waals surface area (Å²) in [4.78, 5) is 10.7. The lowest BCUT2D eigenvalue weighted by Crippen LogP contribution is -2.23. The third-order valence-corrected chi connectivity index (χ3v) is 7.79. The summed E-state index contributed by atoms with van der Waals surface area (Å²) in [6, 6.07) is 21.2. The second kappa shape index (κ2) is 12.8. The zero-order valence-electron chi connectivity index (χ0n) is 20.7. The Bertz CT molecular complexity index is 1190. The van der Waals surface area contributed by atoms with E-state index in [0.717, 1.165) is 66.1 Å². The molecule has 188 valence electrons. The molecule has 2 aromatic carbocycles. The van der Waals surface area contributed by atoms with Crippen LogP contribution in [0.25, 0.3) is 22.4 Å². The molecule has 0 spiro atoms. The van der Waals surface area contributed by atoms with Gasteiger partial charge < -0.3 is 9.84 Å². The van der Waals surface area contributed by atoms with E-state index >= 15 is 0 Å². The molecule has 3 aromatic rings. The van der Waals surface area contributed by atoms with Crippen molar-refractivity contribution < 1.29 is 14.6 Å². The van der Waals surface area contributed by atoms with Crippen LogP contribution in [0.5, 0.6) is 0 Å². The molecule has 1 aliphatic carbocycles. The normalized spacial score (nSPS) is 17.6. The molecule has 1 N–H and O–H groups in total. The van der Waals surface area contributed by atoms with E-state index in [2.05, 4.69) is 54.1 Å². The van der Waals surface area contributed by atoms with Crippen LogP contribution < -0.4 is 0 Å². The molecule has 1 aliphatic rings. The van der Waals surface area contributed by atoms with E-state index in [4.69, 9.17) is 14.9 Å². The third kappa shape index (κ3) is 6.57. The van der Waals surface area contributed by atoms with Crippen molar-refractivity contribution in [1.82, 2.24) is 9.78 Å². The van der Waals surface area contributed by atoms with Crippen LogP contribution in [0.15, 0.2) is 59.6 Å². The minimum Gasteiger partial charge on any atom is -0.480 e. The molecule has 0 unspecified atom stereocenters. The minimum atomic E-state index is -0.917. The van der Waals surface area contributed by atoms with E-state index in [-0.39, 0.29) is 6.61 Å². The summed E-state index contributed by atoms with van der Waals surface area (Å²) in [6.07, 6.45) is 5.14. The molecule has 0 bridgehead atoms. The van der Waals surface area contributed by atoms with Crippen LogP contribution in [0.2, 0.25) is 0 Å². The lowest BCUT2D eigenvalue weighted by Gasteiger charge is -2.28. The average Bonchev–Trinajstić information content (AvgIpc) is 3.26. The standard InChI is InChI=1S/C29H33N3O3S/c1-2-21-7-6-10-25(17-21)27-28(24-8-4-3-5-9-24)31-32(29(27)36-16-15-30)18-22-11-13-23(14-12-22)19-35-20-26(33)34/h3-10,17,22-23H,2,11-14,16,18-20H2,1H3,(H,33,34)/t22-,23+. The molecule has 7 heteroatoms. The van der Waals surface area contributed by atoms with Gasteiger partial charge in [0.2, 0.25) is 0 Å². The smallest absolute Gasteiger partial charge is 0.329 e. The number of benzene rings is 2. The molecule has 36 heavy (non-hydrogen) atoms. The number of carboxylic acids is 1. The topological polar surface area (TPSA) is 88.1 Å². The summed E-state index contributed by atoms with van der Waals surface area (Å²) in [6.45, 7) is 3.26. The van der Waals surface area contributed by atoms with Crippen molar-refractivity contribution in [3.05, 3.63) is 60.2 Å². The fraction of sp³-hybridized carbons (Fsp3) is 0.414. The highest BCUT2D eigenvalue weighted by atomic mass is 32.2. The number of ether oxygens (including phenoxy) is 1. The molecule has 0 saturated heterocycles. The van der Waals surface area contributed by atoms with Crippen molar-refractivity contribution in [1.29, 1.82) is 5.26 Å². The van der Waals surface area contributed by atoms with E-state index in [0.29, 0.717) is 24.2 Å². The first kappa shape index (κ1) is 26.0. The van der Waals surface area contributed by atoms with Gasteiger partial charge in [0.15, 0.2) is 0 Å². The Morgan fingerprint density at radius 3 is 2.53 bits per heavy atom. The van der Waals surface area contributed by atoms with Gasteiger partial charge in [0, 0.05) is 17.7 Å². The SMILES string of the molecule is CCc1cccc(-c2c(-c3ccccc3)nn(C[C@H]3CC[C@@H](COCC(=O)O)CC3)c2SCC#N)c1. The maximum atomic E-state index is 10.7. The molecular formula is C29H33N3O3S. The van der Waals surface area contributed by atoms with Crippen molar-refractivity contribution in [3.8, 4) is 28.5 Å². The Hall–Kier alpha value is -3.08. The van der Waals surface area contributed by atoms with E-state index in [1.54, 1.807) is 11.8 Å². The maximum absolute atomic E-state index is 10.7. The van der Waals surface area contributed by atoms with Crippen LogP contribution >= 0.6 is 11.8 Å². The monoisotopic (exact) mass is 503 g/mol. The van der Waals surface area contributed by atoms with Crippen molar-refractivity contribution >= 4 is 17.7 Å². The summed E-state index contributed by atoms with van der Waals surface area (Å²) < 4.78 is 7.47. The molecule has 0 atom stereocenters. The van der Waals surface area contributed by atoms with Crippen LogP contribution in [0, 0.1) is 23.2 Å². The molecule has 4 rings (SSSR count). The van der Waals surface area contributed by atoms with Crippen LogP contribution in [-0.4, -0.2) is 39.8 Å². The second-order valence-corrected chi connectivity index (χ2v) is 10.3. The molecule has 0 amide bonds. The average molecular weight is 504 g/mol. The van der Waals surface area contributed by atoms with Gasteiger partial charge in [-0.15, -0.1) is 0 Å². The van der Waals surface area contributed by atoms with E-state index in [1.807, 2.05) is 18.2 Å². The number of hydrogen-bond acceptors (Lipinski definition) is 5. The lowest BCUT2D eigenvalue weighted by molar-refractivity contribution is -0.142. The number of thioether (sulfide) groups is 1. The Kier molecular flexibility index (Phi) is 9.21. The largest absolute Gasteiger partial charge is 0.480 e. The Morgan fingerprint density at radius 1 is 1.11 bits per heavy atom. The zero-order valence-corrected chi connectivity index (χ0v) is 21.5. The number of rotatable bonds is 11. The molecule has 1 heterocycles. The fourth-order valence-electron chi connectivity index (χ4n) is 4.96. The van der Waals surface area contributed by atoms with Gasteiger partial charge in [0.05, 0.1) is 18.4 Å². The first-order chi connectivity index (χ1) is 17.6. The van der Waals surface area contributed by atoms with Crippen molar-refractivity contribution in [2.75, 3.05) is 19.0 Å². The summed E-state index contributed by atoms with van der Waals surface area (Å²) in [7, 11) is 0. The second-order valence-electron chi connectivity index (χ2n) is 9.37. The number of carboxylic acid groups (broad SMARTS) is 1. The summed E-state index contributed by atoms with van der Waals surface area (Å²) >= 11 is 1.56. The molecular weight excluding hydrogens is 470 g/mol. The van der Waals surface area contributed by atoms with E-state index in [1.165, 1.54) is 5.56 Å². The number of aromatic nitrogens is 2. The fourth-order valence-corrected chi connectivity index (χ4v) is 5.79. The highest BCUT2D eigenvalue weighted by molar-refractivity contribution is 7.99. The molecule has 6 nitrogen and oxygen atoms in total. The van der Waals surface area contributed by atoms with E-state index < -0.39 is 5.97 Å². The highest BCUT2D eigenvalue weighted by Crippen LogP contribution is 2.41. The number of hydrogen-bond donors (Lipinski definition) is 1. The highest BCUT2D eigenvalue weighted by Gasteiger charge is 2.26. The number of nitrogens with zero attached hydrogens (tertiary/aromatic N) is 3. The quantitative estimate of drug-likeness (QED) is 0.309. The Balaban J connectivity index is 1.62. The van der Waals surface area contributed by atoms with Gasteiger partial charge in [-0.25, -0.2) is 4.79 Å². The zero-order chi connectivity index (χ0) is 25.3. The van der Waals surface area contributed by atoms with Gasteiger partial charge in [0.1, 0.15) is 17.3 Å². The first-order valence-corrected chi connectivity index (χ1v) is 13.6. The van der Waals surface area contributed by atoms with Crippen LogP contribution in [0.4, 0.5) is 0 Å². The van der Waals surface area contributed by atoms with Crippen molar-refractivity contribution in [3.63, 3.8) is 0 Å². The van der Waals surface area contributed by atoms with Crippen molar-refractivity contribution in [2.24, 2.45) is 11.8 Å². The predicted octanol–water partition coefficient (Wildman–Crippen LogP) is 6.30. The van der Waals surface area contributed by atoms with Gasteiger partial charge in [-0.2, -0.15) is 10.4 Å². The lowest BCUT2D eigenvalue weighted by atomic mass is 9.82. The number of carbonyl (C=O) groups is 1. The van der Waals surface area contributed by atoms with Crippen molar-refractivity contribution in [2.45, 2.75) is 50.6 Å². The number of nitriles is 1. The van der Waals surface area contributed by atoms with Gasteiger partial charge in [0.25, 0.3) is 0 Å². The summed E-state index contributed by atoms with van der Waals surface area (Å²) in [5, 5.41) is 24.4. The molecule has 0 aliphatic heterocycles. The van der Waals surface area contributed by atoms with Gasteiger partial charge in [-0.1, -0.05) is 73.3 Å². The Morgan fingerprint density at radius 2 is 1.83 bits per heavy atom. The molecule has 1 fully saturated rings. The van der Waals surface area contributed by atoms with Crippen LogP contribution in [0.1, 0.15) is 38.2 Å². The third-order valence-electron chi connectivity index (χ3n) is 6.83. The molecule has 1 aromatic heterocycles. The van der Waals surface area contributed by atoms with Gasteiger partial charge >= 0.3 is 5.97 Å². The van der Waals surface area contributed by atoms with Gasteiger partial charge in [-0.05, 0) is 55.1 Å². The predicted molar refractivity (Wildman–Crippen MR) is 143 cm³/mol. The molecule has 0 radical (unpaired) electrons. The van der Waals surface area contributed by atoms with Gasteiger partial charge in [-0.3, -0.25) is 4.68 Å². The first-order valence-electron chi connectivity index (χ1n) is 12.6. The summed E-state index contributed by atoms with van der Waals surface area (Å²) in [5.74, 6) is 0.353. The minimum absolute atomic E-state index is 0.225. The van der Waals surface area contributed by atoms with Crippen LogP contribution in [0.3, 0.4) is 0 Å². The van der Waals surface area contributed by atoms with E-state index in [9.17, 15) is 10.1 Å². The number of aliphatic carboxylic acids is 1. The van der Waals surface area contributed by atoms with Crippen LogP contribution in [-0.2, 0) is 22.5 Å².